The lowest BCUT2D eigenvalue weighted by molar-refractivity contribution is 0.0716. The predicted molar refractivity (Wildman–Crippen MR) is 105 cm³/mol. The average molecular weight is 356 g/mol. The van der Waals surface area contributed by atoms with Crippen LogP contribution in [-0.2, 0) is 13.0 Å². The summed E-state index contributed by atoms with van der Waals surface area (Å²) in [6, 6.07) is 18.0. The van der Waals surface area contributed by atoms with Crippen LogP contribution in [0, 0.1) is 11.7 Å². The molecule has 1 fully saturated rings. The standard InChI is InChI=1S/C22H30FN3/c1-25(16-19-5-3-2-4-6-19)22-12-14-26(17-20(22)15-24)13-11-18-7-9-21(23)10-8-18/h2-10,20,22H,11-17,24H2,1H3. The first-order chi connectivity index (χ1) is 12.7. The van der Waals surface area contributed by atoms with E-state index in [4.69, 9.17) is 5.73 Å². The minimum Gasteiger partial charge on any atom is -0.330 e. The molecule has 4 heteroatoms. The molecule has 26 heavy (non-hydrogen) atoms. The molecule has 1 heterocycles. The Morgan fingerprint density at radius 2 is 1.81 bits per heavy atom. The SMILES string of the molecule is CN(Cc1ccccc1)C1CCN(CCc2ccc(F)cc2)CC1CN. The lowest BCUT2D eigenvalue weighted by atomic mass is 9.90. The van der Waals surface area contributed by atoms with Gasteiger partial charge in [-0.05, 0) is 62.2 Å². The molecule has 2 aromatic rings. The van der Waals surface area contributed by atoms with E-state index in [9.17, 15) is 4.39 Å². The minimum absolute atomic E-state index is 0.167. The highest BCUT2D eigenvalue weighted by molar-refractivity contribution is 5.16. The highest BCUT2D eigenvalue weighted by atomic mass is 19.1. The first-order valence-corrected chi connectivity index (χ1v) is 9.56. The van der Waals surface area contributed by atoms with E-state index in [1.807, 2.05) is 12.1 Å². The summed E-state index contributed by atoms with van der Waals surface area (Å²) in [6.45, 7) is 4.84. The van der Waals surface area contributed by atoms with Crippen molar-refractivity contribution in [1.29, 1.82) is 0 Å². The first-order valence-electron chi connectivity index (χ1n) is 9.56. The normalized spacial score (nSPS) is 21.2. The van der Waals surface area contributed by atoms with Gasteiger partial charge in [-0.25, -0.2) is 4.39 Å². The van der Waals surface area contributed by atoms with Gasteiger partial charge in [0.25, 0.3) is 0 Å². The van der Waals surface area contributed by atoms with E-state index in [0.29, 0.717) is 12.0 Å². The number of nitrogens with zero attached hydrogens (tertiary/aromatic N) is 2. The molecule has 3 rings (SSSR count). The molecule has 140 valence electrons. The van der Waals surface area contributed by atoms with E-state index in [1.54, 1.807) is 12.1 Å². The van der Waals surface area contributed by atoms with Crippen molar-refractivity contribution in [2.75, 3.05) is 33.2 Å². The Labute approximate surface area is 156 Å². The number of benzene rings is 2. The molecule has 2 unspecified atom stereocenters. The third-order valence-electron chi connectivity index (χ3n) is 5.55. The van der Waals surface area contributed by atoms with Crippen LogP contribution in [-0.4, -0.2) is 49.1 Å². The lowest BCUT2D eigenvalue weighted by Gasteiger charge is -2.42. The van der Waals surface area contributed by atoms with Gasteiger partial charge in [0.2, 0.25) is 0 Å². The number of hydrogen-bond acceptors (Lipinski definition) is 3. The number of nitrogens with two attached hydrogens (primary N) is 1. The summed E-state index contributed by atoms with van der Waals surface area (Å²) < 4.78 is 13.0. The van der Waals surface area contributed by atoms with Crippen LogP contribution in [0.5, 0.6) is 0 Å². The van der Waals surface area contributed by atoms with E-state index in [-0.39, 0.29) is 5.82 Å². The number of likely N-dealkylation sites (tertiary alicyclic amines) is 1. The monoisotopic (exact) mass is 355 g/mol. The molecule has 1 aliphatic rings. The van der Waals surface area contributed by atoms with Gasteiger partial charge in [0.05, 0.1) is 0 Å². The zero-order valence-electron chi connectivity index (χ0n) is 15.7. The summed E-state index contributed by atoms with van der Waals surface area (Å²) in [6.07, 6.45) is 2.11. The molecule has 0 spiro atoms. The Kier molecular flexibility index (Phi) is 6.78. The number of rotatable bonds is 7. The molecule has 2 N–H and O–H groups in total. The van der Waals surface area contributed by atoms with Gasteiger partial charge in [-0.1, -0.05) is 42.5 Å². The van der Waals surface area contributed by atoms with Crippen molar-refractivity contribution in [2.24, 2.45) is 11.7 Å². The van der Waals surface area contributed by atoms with Crippen molar-refractivity contribution in [3.63, 3.8) is 0 Å². The van der Waals surface area contributed by atoms with Crippen LogP contribution in [0.2, 0.25) is 0 Å². The quantitative estimate of drug-likeness (QED) is 0.828. The Bertz CT molecular complexity index is 659. The molecular weight excluding hydrogens is 325 g/mol. The molecule has 0 amide bonds. The molecule has 3 nitrogen and oxygen atoms in total. The molecule has 1 aliphatic heterocycles. The van der Waals surface area contributed by atoms with Crippen molar-refractivity contribution in [1.82, 2.24) is 9.80 Å². The molecule has 2 aromatic carbocycles. The smallest absolute Gasteiger partial charge is 0.123 e. The van der Waals surface area contributed by atoms with Crippen LogP contribution in [0.1, 0.15) is 17.5 Å². The van der Waals surface area contributed by atoms with Gasteiger partial charge in [0.15, 0.2) is 0 Å². The van der Waals surface area contributed by atoms with Crippen molar-refractivity contribution in [3.8, 4) is 0 Å². The Morgan fingerprint density at radius 1 is 1.08 bits per heavy atom. The van der Waals surface area contributed by atoms with Gasteiger partial charge in [-0.15, -0.1) is 0 Å². The van der Waals surface area contributed by atoms with Crippen LogP contribution in [0.25, 0.3) is 0 Å². The van der Waals surface area contributed by atoms with Crippen molar-refractivity contribution < 1.29 is 4.39 Å². The topological polar surface area (TPSA) is 32.5 Å². The highest BCUT2D eigenvalue weighted by Gasteiger charge is 2.30. The largest absolute Gasteiger partial charge is 0.330 e. The van der Waals surface area contributed by atoms with Gasteiger partial charge in [-0.2, -0.15) is 0 Å². The summed E-state index contributed by atoms with van der Waals surface area (Å²) in [7, 11) is 2.22. The second kappa shape index (κ2) is 9.26. The summed E-state index contributed by atoms with van der Waals surface area (Å²) in [5.41, 5.74) is 8.66. The maximum absolute atomic E-state index is 13.0. The molecule has 0 aromatic heterocycles. The minimum atomic E-state index is -0.167. The van der Waals surface area contributed by atoms with Gasteiger partial charge in [0.1, 0.15) is 5.82 Å². The van der Waals surface area contributed by atoms with E-state index >= 15 is 0 Å². The van der Waals surface area contributed by atoms with Crippen molar-refractivity contribution in [3.05, 3.63) is 71.5 Å². The third-order valence-corrected chi connectivity index (χ3v) is 5.55. The van der Waals surface area contributed by atoms with E-state index in [1.165, 1.54) is 11.1 Å². The maximum Gasteiger partial charge on any atom is 0.123 e. The van der Waals surface area contributed by atoms with Gasteiger partial charge in [0, 0.05) is 25.7 Å². The summed E-state index contributed by atoms with van der Waals surface area (Å²) in [5.74, 6) is 0.324. The maximum atomic E-state index is 13.0. The fraction of sp³-hybridized carbons (Fsp3) is 0.455. The Balaban J connectivity index is 1.52. The molecule has 2 atom stereocenters. The van der Waals surface area contributed by atoms with Gasteiger partial charge >= 0.3 is 0 Å². The molecule has 0 bridgehead atoms. The van der Waals surface area contributed by atoms with Crippen LogP contribution in [0.15, 0.2) is 54.6 Å². The predicted octanol–water partition coefficient (Wildman–Crippen LogP) is 3.15. The molecule has 0 radical (unpaired) electrons. The number of piperidine rings is 1. The molecular formula is C22H30FN3. The fourth-order valence-corrected chi connectivity index (χ4v) is 4.04. The Morgan fingerprint density at radius 3 is 2.50 bits per heavy atom. The second-order valence-electron chi connectivity index (χ2n) is 7.43. The third kappa shape index (κ3) is 5.13. The second-order valence-corrected chi connectivity index (χ2v) is 7.43. The van der Waals surface area contributed by atoms with Crippen LogP contribution in [0.3, 0.4) is 0 Å². The van der Waals surface area contributed by atoms with Crippen LogP contribution >= 0.6 is 0 Å². The van der Waals surface area contributed by atoms with Gasteiger partial charge < -0.3 is 10.6 Å². The zero-order valence-corrected chi connectivity index (χ0v) is 15.7. The average Bonchev–Trinajstić information content (AvgIpc) is 2.68. The summed E-state index contributed by atoms with van der Waals surface area (Å²) in [5, 5.41) is 0. The molecule has 0 saturated carbocycles. The molecule has 0 aliphatic carbocycles. The lowest BCUT2D eigenvalue weighted by Crippen LogP contribution is -2.52. The van der Waals surface area contributed by atoms with Crippen molar-refractivity contribution in [2.45, 2.75) is 25.4 Å². The van der Waals surface area contributed by atoms with Crippen LogP contribution < -0.4 is 5.73 Å². The first kappa shape index (κ1) is 19.0. The van der Waals surface area contributed by atoms with E-state index < -0.39 is 0 Å². The van der Waals surface area contributed by atoms with Crippen LogP contribution in [0.4, 0.5) is 4.39 Å². The van der Waals surface area contributed by atoms with E-state index in [2.05, 4.69) is 47.2 Å². The van der Waals surface area contributed by atoms with E-state index in [0.717, 1.165) is 45.6 Å². The Hall–Kier alpha value is -1.75. The summed E-state index contributed by atoms with van der Waals surface area (Å²) in [4.78, 5) is 4.97. The summed E-state index contributed by atoms with van der Waals surface area (Å²) >= 11 is 0. The highest BCUT2D eigenvalue weighted by Crippen LogP contribution is 2.23. The fourth-order valence-electron chi connectivity index (χ4n) is 4.04. The number of halogens is 1. The zero-order chi connectivity index (χ0) is 18.4. The van der Waals surface area contributed by atoms with Gasteiger partial charge in [-0.3, -0.25) is 4.90 Å². The van der Waals surface area contributed by atoms with Crippen molar-refractivity contribution >= 4 is 0 Å². The number of hydrogen-bond donors (Lipinski definition) is 1. The molecule has 1 saturated heterocycles.